The SMILES string of the molecule is CCCc1cccc(P(c2ccccc2)c2ccccc2)c1Nc1ccc(Cl)cc1. The van der Waals surface area contributed by atoms with Gasteiger partial charge in [0.1, 0.15) is 0 Å². The van der Waals surface area contributed by atoms with Crippen LogP contribution in [0.4, 0.5) is 11.4 Å². The summed E-state index contributed by atoms with van der Waals surface area (Å²) in [6, 6.07) is 36.4. The van der Waals surface area contributed by atoms with Crippen molar-refractivity contribution < 1.29 is 0 Å². The van der Waals surface area contributed by atoms with Crippen molar-refractivity contribution in [3.8, 4) is 0 Å². The summed E-state index contributed by atoms with van der Waals surface area (Å²) < 4.78 is 0. The first-order valence-corrected chi connectivity index (χ1v) is 12.0. The molecule has 30 heavy (non-hydrogen) atoms. The van der Waals surface area contributed by atoms with Gasteiger partial charge in [0.15, 0.2) is 0 Å². The van der Waals surface area contributed by atoms with E-state index in [9.17, 15) is 0 Å². The molecule has 0 aromatic heterocycles. The van der Waals surface area contributed by atoms with Crippen LogP contribution in [0.1, 0.15) is 18.9 Å². The fraction of sp³-hybridized carbons (Fsp3) is 0.111. The highest BCUT2D eigenvalue weighted by Crippen LogP contribution is 2.38. The normalized spacial score (nSPS) is 10.9. The van der Waals surface area contributed by atoms with Gasteiger partial charge >= 0.3 is 0 Å². The molecule has 1 nitrogen and oxygen atoms in total. The summed E-state index contributed by atoms with van der Waals surface area (Å²) in [6.45, 7) is 2.23. The van der Waals surface area contributed by atoms with Crippen molar-refractivity contribution in [2.24, 2.45) is 0 Å². The van der Waals surface area contributed by atoms with Crippen LogP contribution in [0.3, 0.4) is 0 Å². The molecule has 4 rings (SSSR count). The number of para-hydroxylation sites is 1. The zero-order valence-electron chi connectivity index (χ0n) is 17.1. The molecule has 4 aromatic carbocycles. The lowest BCUT2D eigenvalue weighted by Crippen LogP contribution is -2.23. The highest BCUT2D eigenvalue weighted by atomic mass is 35.5. The molecule has 1 N–H and O–H groups in total. The van der Waals surface area contributed by atoms with E-state index in [1.54, 1.807) is 0 Å². The predicted octanol–water partition coefficient (Wildman–Crippen LogP) is 6.79. The molecule has 0 aliphatic carbocycles. The number of halogens is 1. The van der Waals surface area contributed by atoms with Crippen molar-refractivity contribution in [3.05, 3.63) is 114 Å². The molecular weight excluding hydrogens is 405 g/mol. The van der Waals surface area contributed by atoms with Gasteiger partial charge in [-0.05, 0) is 54.8 Å². The second kappa shape index (κ2) is 9.94. The molecule has 4 aromatic rings. The number of hydrogen-bond donors (Lipinski definition) is 1. The van der Waals surface area contributed by atoms with Crippen LogP contribution in [0.15, 0.2) is 103 Å². The minimum atomic E-state index is -0.685. The van der Waals surface area contributed by atoms with Crippen LogP contribution in [0.5, 0.6) is 0 Å². The molecule has 0 amide bonds. The first-order valence-electron chi connectivity index (χ1n) is 10.3. The lowest BCUT2D eigenvalue weighted by atomic mass is 10.1. The van der Waals surface area contributed by atoms with Crippen molar-refractivity contribution in [2.75, 3.05) is 5.32 Å². The summed E-state index contributed by atoms with van der Waals surface area (Å²) in [5.74, 6) is 0. The third-order valence-electron chi connectivity index (χ3n) is 5.03. The molecule has 0 saturated carbocycles. The van der Waals surface area contributed by atoms with Crippen molar-refractivity contribution in [1.29, 1.82) is 0 Å². The van der Waals surface area contributed by atoms with E-state index in [4.69, 9.17) is 11.6 Å². The quantitative estimate of drug-likeness (QED) is 0.319. The second-order valence-electron chi connectivity index (χ2n) is 7.20. The van der Waals surface area contributed by atoms with Crippen LogP contribution in [-0.4, -0.2) is 0 Å². The van der Waals surface area contributed by atoms with Crippen molar-refractivity contribution in [1.82, 2.24) is 0 Å². The molecule has 3 heteroatoms. The van der Waals surface area contributed by atoms with Gasteiger partial charge in [-0.3, -0.25) is 0 Å². The minimum absolute atomic E-state index is 0.685. The summed E-state index contributed by atoms with van der Waals surface area (Å²) in [4.78, 5) is 0. The number of anilines is 2. The molecular formula is C27H25ClNP. The first-order chi connectivity index (χ1) is 14.8. The molecule has 0 heterocycles. The van der Waals surface area contributed by atoms with Gasteiger partial charge in [-0.25, -0.2) is 0 Å². The third-order valence-corrected chi connectivity index (χ3v) is 7.77. The van der Waals surface area contributed by atoms with Gasteiger partial charge in [0.25, 0.3) is 0 Å². The molecule has 0 fully saturated rings. The first kappa shape index (κ1) is 20.7. The molecule has 0 saturated heterocycles. The topological polar surface area (TPSA) is 12.0 Å². The van der Waals surface area contributed by atoms with Gasteiger partial charge in [-0.1, -0.05) is 104 Å². The Morgan fingerprint density at radius 2 is 1.30 bits per heavy atom. The standard InChI is InChI=1S/C27H25ClNP/c1-2-10-21-11-9-16-26(27(21)29-23-19-17-22(28)18-20-23)30(24-12-5-3-6-13-24)25-14-7-4-8-15-25/h3-9,11-20,29H,2,10H2,1H3. The molecule has 0 atom stereocenters. The Balaban J connectivity index is 1.88. The van der Waals surface area contributed by atoms with Crippen LogP contribution < -0.4 is 21.2 Å². The number of rotatable bonds is 7. The van der Waals surface area contributed by atoms with Gasteiger partial charge in [0, 0.05) is 16.0 Å². The summed E-state index contributed by atoms with van der Waals surface area (Å²) in [6.07, 6.45) is 2.14. The largest absolute Gasteiger partial charge is 0.355 e. The monoisotopic (exact) mass is 429 g/mol. The van der Waals surface area contributed by atoms with Crippen LogP contribution in [0, 0.1) is 0 Å². The zero-order chi connectivity index (χ0) is 20.8. The highest BCUT2D eigenvalue weighted by Gasteiger charge is 2.21. The molecule has 0 radical (unpaired) electrons. The van der Waals surface area contributed by atoms with Gasteiger partial charge in [0.05, 0.1) is 5.69 Å². The Kier molecular flexibility index (Phi) is 6.84. The molecule has 0 aliphatic rings. The Bertz CT molecular complexity index is 1040. The van der Waals surface area contributed by atoms with Crippen molar-refractivity contribution in [2.45, 2.75) is 19.8 Å². The molecule has 0 unspecified atom stereocenters. The van der Waals surface area contributed by atoms with E-state index < -0.39 is 7.92 Å². The summed E-state index contributed by atoms with van der Waals surface area (Å²) >= 11 is 6.11. The van der Waals surface area contributed by atoms with E-state index in [1.165, 1.54) is 27.2 Å². The fourth-order valence-electron chi connectivity index (χ4n) is 3.65. The average Bonchev–Trinajstić information content (AvgIpc) is 2.79. The minimum Gasteiger partial charge on any atom is -0.355 e. The van der Waals surface area contributed by atoms with E-state index in [0.717, 1.165) is 23.6 Å². The maximum atomic E-state index is 6.11. The smallest absolute Gasteiger partial charge is 0.0501 e. The van der Waals surface area contributed by atoms with Gasteiger partial charge in [-0.2, -0.15) is 0 Å². The van der Waals surface area contributed by atoms with E-state index in [2.05, 4.69) is 91.1 Å². The highest BCUT2D eigenvalue weighted by molar-refractivity contribution is 7.80. The Morgan fingerprint density at radius 1 is 0.700 bits per heavy atom. The van der Waals surface area contributed by atoms with Gasteiger partial charge < -0.3 is 5.32 Å². The molecule has 0 spiro atoms. The number of aryl methyl sites for hydroxylation is 1. The number of benzene rings is 4. The Labute approximate surface area is 185 Å². The molecule has 0 bridgehead atoms. The lowest BCUT2D eigenvalue weighted by Gasteiger charge is -2.25. The van der Waals surface area contributed by atoms with Crippen LogP contribution in [0.2, 0.25) is 5.02 Å². The zero-order valence-corrected chi connectivity index (χ0v) is 18.7. The number of nitrogens with one attached hydrogen (secondary N) is 1. The fourth-order valence-corrected chi connectivity index (χ4v) is 6.23. The summed E-state index contributed by atoms with van der Waals surface area (Å²) in [5, 5.41) is 8.54. The van der Waals surface area contributed by atoms with Crippen LogP contribution >= 0.6 is 19.5 Å². The van der Waals surface area contributed by atoms with Crippen molar-refractivity contribution in [3.63, 3.8) is 0 Å². The van der Waals surface area contributed by atoms with E-state index >= 15 is 0 Å². The summed E-state index contributed by atoms with van der Waals surface area (Å²) in [7, 11) is -0.685. The molecule has 0 aliphatic heterocycles. The van der Waals surface area contributed by atoms with Crippen LogP contribution in [-0.2, 0) is 6.42 Å². The summed E-state index contributed by atoms with van der Waals surface area (Å²) in [5.41, 5.74) is 3.63. The average molecular weight is 430 g/mol. The van der Waals surface area contributed by atoms with Crippen molar-refractivity contribution >= 4 is 46.8 Å². The Morgan fingerprint density at radius 3 is 1.87 bits per heavy atom. The van der Waals surface area contributed by atoms with E-state index in [-0.39, 0.29) is 0 Å². The second-order valence-corrected chi connectivity index (χ2v) is 9.82. The predicted molar refractivity (Wildman–Crippen MR) is 134 cm³/mol. The van der Waals surface area contributed by atoms with Gasteiger partial charge in [0.2, 0.25) is 0 Å². The third kappa shape index (κ3) is 4.75. The molecule has 150 valence electrons. The van der Waals surface area contributed by atoms with E-state index in [1.807, 2.05) is 24.3 Å². The maximum absolute atomic E-state index is 6.11. The number of hydrogen-bond acceptors (Lipinski definition) is 1. The maximum Gasteiger partial charge on any atom is 0.0501 e. The van der Waals surface area contributed by atoms with Crippen LogP contribution in [0.25, 0.3) is 0 Å². The Hall–Kier alpha value is -2.60. The van der Waals surface area contributed by atoms with Gasteiger partial charge in [-0.15, -0.1) is 0 Å². The van der Waals surface area contributed by atoms with E-state index in [0.29, 0.717) is 0 Å². The lowest BCUT2D eigenvalue weighted by molar-refractivity contribution is 0.924.